The van der Waals surface area contributed by atoms with Gasteiger partial charge in [-0.25, -0.2) is 0 Å². The molecule has 2 N–H and O–H groups in total. The highest BCUT2D eigenvalue weighted by Gasteiger charge is 2.30. The van der Waals surface area contributed by atoms with E-state index < -0.39 is 11.7 Å². The molecule has 0 unspecified atom stereocenters. The third-order valence-corrected chi connectivity index (χ3v) is 4.46. The fourth-order valence-electron chi connectivity index (χ4n) is 2.89. The monoisotopic (exact) mass is 400 g/mol. The van der Waals surface area contributed by atoms with Gasteiger partial charge in [0, 0.05) is 5.69 Å². The zero-order chi connectivity index (χ0) is 20.0. The molecule has 3 aromatic rings. The molecule has 0 radical (unpaired) electrons. The zero-order valence-electron chi connectivity index (χ0n) is 14.9. The number of alkyl halides is 3. The van der Waals surface area contributed by atoms with Crippen molar-refractivity contribution < 1.29 is 13.2 Å². The van der Waals surface area contributed by atoms with Crippen LogP contribution in [0.25, 0.3) is 0 Å². The molecule has 0 spiro atoms. The van der Waals surface area contributed by atoms with Gasteiger partial charge in [-0.05, 0) is 48.0 Å². The maximum absolute atomic E-state index is 12.9. The molecule has 1 atom stereocenters. The van der Waals surface area contributed by atoms with E-state index in [-0.39, 0.29) is 11.2 Å². The van der Waals surface area contributed by atoms with Gasteiger partial charge in [0.25, 0.3) is 0 Å². The maximum Gasteiger partial charge on any atom is 0.416 e. The molecule has 3 rings (SSSR count). The third kappa shape index (κ3) is 5.57. The average molecular weight is 400 g/mol. The molecule has 0 bridgehead atoms. The van der Waals surface area contributed by atoms with E-state index in [1.165, 1.54) is 6.07 Å². The van der Waals surface area contributed by atoms with Crippen LogP contribution in [-0.2, 0) is 12.6 Å². The lowest BCUT2D eigenvalue weighted by atomic mass is 9.99. The van der Waals surface area contributed by atoms with Gasteiger partial charge in [0.05, 0.1) is 11.6 Å². The summed E-state index contributed by atoms with van der Waals surface area (Å²) in [6.07, 6.45) is -3.71. The number of benzene rings is 3. The Morgan fingerprint density at radius 3 is 2.14 bits per heavy atom. The van der Waals surface area contributed by atoms with E-state index in [2.05, 4.69) is 10.6 Å². The molecule has 2 nitrogen and oxygen atoms in total. The SMILES string of the molecule is FC(F)(F)c1cccc(NC(=S)N[C@H](Cc2ccccc2)c2ccccc2)c1. The minimum atomic E-state index is -4.40. The first kappa shape index (κ1) is 19.9. The van der Waals surface area contributed by atoms with Gasteiger partial charge in [-0.3, -0.25) is 0 Å². The zero-order valence-corrected chi connectivity index (χ0v) is 15.7. The van der Waals surface area contributed by atoms with Crippen LogP contribution in [-0.4, -0.2) is 5.11 Å². The van der Waals surface area contributed by atoms with Crippen molar-refractivity contribution in [3.8, 4) is 0 Å². The predicted molar refractivity (Wildman–Crippen MR) is 110 cm³/mol. The van der Waals surface area contributed by atoms with Crippen molar-refractivity contribution in [2.24, 2.45) is 0 Å². The first-order valence-electron chi connectivity index (χ1n) is 8.75. The van der Waals surface area contributed by atoms with Crippen molar-refractivity contribution in [2.75, 3.05) is 5.32 Å². The van der Waals surface area contributed by atoms with E-state index in [0.717, 1.165) is 23.3 Å². The summed E-state index contributed by atoms with van der Waals surface area (Å²) in [6.45, 7) is 0. The van der Waals surface area contributed by atoms with Gasteiger partial charge in [0.1, 0.15) is 0 Å². The molecule has 0 fully saturated rings. The summed E-state index contributed by atoms with van der Waals surface area (Å²) >= 11 is 5.36. The topological polar surface area (TPSA) is 24.1 Å². The van der Waals surface area contributed by atoms with Gasteiger partial charge in [-0.2, -0.15) is 13.2 Å². The highest BCUT2D eigenvalue weighted by molar-refractivity contribution is 7.80. The summed E-state index contributed by atoms with van der Waals surface area (Å²) in [5.74, 6) is 0. The van der Waals surface area contributed by atoms with Crippen molar-refractivity contribution in [1.29, 1.82) is 0 Å². The number of rotatable bonds is 5. The second kappa shape index (κ2) is 8.89. The summed E-state index contributed by atoms with van der Waals surface area (Å²) in [5.41, 5.74) is 1.74. The molecule has 3 aromatic carbocycles. The van der Waals surface area contributed by atoms with Crippen LogP contribution < -0.4 is 10.6 Å². The minimum absolute atomic E-state index is 0.116. The normalized spacial score (nSPS) is 12.2. The Morgan fingerprint density at radius 2 is 1.50 bits per heavy atom. The number of halogens is 3. The van der Waals surface area contributed by atoms with Gasteiger partial charge in [0.2, 0.25) is 0 Å². The predicted octanol–water partition coefficient (Wildman–Crippen LogP) is 5.98. The first-order chi connectivity index (χ1) is 13.4. The van der Waals surface area contributed by atoms with Crippen LogP contribution in [0.2, 0.25) is 0 Å². The fourth-order valence-corrected chi connectivity index (χ4v) is 3.15. The van der Waals surface area contributed by atoms with E-state index in [4.69, 9.17) is 12.2 Å². The summed E-state index contributed by atoms with van der Waals surface area (Å²) in [7, 11) is 0. The van der Waals surface area contributed by atoms with Gasteiger partial charge < -0.3 is 10.6 Å². The summed E-state index contributed by atoms with van der Waals surface area (Å²) in [5, 5.41) is 6.36. The van der Waals surface area contributed by atoms with Crippen LogP contribution in [0.15, 0.2) is 84.9 Å². The molecular formula is C22H19F3N2S. The van der Waals surface area contributed by atoms with E-state index in [1.54, 1.807) is 6.07 Å². The van der Waals surface area contributed by atoms with Crippen LogP contribution in [0.3, 0.4) is 0 Å². The number of hydrogen-bond acceptors (Lipinski definition) is 1. The Hall–Kier alpha value is -2.86. The summed E-state index contributed by atoms with van der Waals surface area (Å²) < 4.78 is 38.7. The van der Waals surface area contributed by atoms with Crippen LogP contribution in [0.1, 0.15) is 22.7 Å². The van der Waals surface area contributed by atoms with Crippen LogP contribution in [0, 0.1) is 0 Å². The van der Waals surface area contributed by atoms with Gasteiger partial charge >= 0.3 is 6.18 Å². The Bertz CT molecular complexity index is 912. The van der Waals surface area contributed by atoms with Gasteiger partial charge in [0.15, 0.2) is 5.11 Å². The fraction of sp³-hybridized carbons (Fsp3) is 0.136. The number of hydrogen-bond donors (Lipinski definition) is 2. The van der Waals surface area contributed by atoms with Crippen LogP contribution in [0.5, 0.6) is 0 Å². The van der Waals surface area contributed by atoms with E-state index in [0.29, 0.717) is 12.1 Å². The smallest absolute Gasteiger partial charge is 0.355 e. The lowest BCUT2D eigenvalue weighted by Gasteiger charge is -2.22. The van der Waals surface area contributed by atoms with Crippen molar-refractivity contribution in [3.63, 3.8) is 0 Å². The van der Waals surface area contributed by atoms with E-state index in [9.17, 15) is 13.2 Å². The molecule has 0 amide bonds. The van der Waals surface area contributed by atoms with Crippen LogP contribution in [0.4, 0.5) is 18.9 Å². The highest BCUT2D eigenvalue weighted by Crippen LogP contribution is 2.30. The summed E-state index contributed by atoms with van der Waals surface area (Å²) in [6, 6.07) is 24.6. The largest absolute Gasteiger partial charge is 0.416 e. The Kier molecular flexibility index (Phi) is 6.31. The molecule has 0 heterocycles. The molecule has 0 aliphatic heterocycles. The molecule has 0 aliphatic rings. The Morgan fingerprint density at radius 1 is 0.857 bits per heavy atom. The van der Waals surface area contributed by atoms with Crippen LogP contribution >= 0.6 is 12.2 Å². The van der Waals surface area contributed by atoms with E-state index in [1.807, 2.05) is 60.7 Å². The quantitative estimate of drug-likeness (QED) is 0.516. The maximum atomic E-state index is 12.9. The third-order valence-electron chi connectivity index (χ3n) is 4.24. The van der Waals surface area contributed by atoms with Gasteiger partial charge in [-0.1, -0.05) is 66.7 Å². The van der Waals surface area contributed by atoms with Gasteiger partial charge in [-0.15, -0.1) is 0 Å². The first-order valence-corrected chi connectivity index (χ1v) is 9.16. The molecule has 6 heteroatoms. The number of anilines is 1. The van der Waals surface area contributed by atoms with Crippen molar-refractivity contribution in [3.05, 3.63) is 102 Å². The second-order valence-electron chi connectivity index (χ2n) is 6.33. The van der Waals surface area contributed by atoms with E-state index >= 15 is 0 Å². The molecule has 144 valence electrons. The molecular weight excluding hydrogens is 381 g/mol. The lowest BCUT2D eigenvalue weighted by molar-refractivity contribution is -0.137. The average Bonchev–Trinajstić information content (AvgIpc) is 2.68. The Labute approximate surface area is 167 Å². The minimum Gasteiger partial charge on any atom is -0.355 e. The number of nitrogens with one attached hydrogen (secondary N) is 2. The number of thiocarbonyl (C=S) groups is 1. The second-order valence-corrected chi connectivity index (χ2v) is 6.74. The lowest BCUT2D eigenvalue weighted by Crippen LogP contribution is -2.33. The van der Waals surface area contributed by atoms with Crippen molar-refractivity contribution in [2.45, 2.75) is 18.6 Å². The van der Waals surface area contributed by atoms with Crippen molar-refractivity contribution >= 4 is 23.0 Å². The molecule has 0 aliphatic carbocycles. The van der Waals surface area contributed by atoms with Crippen molar-refractivity contribution in [1.82, 2.24) is 5.32 Å². The molecule has 0 saturated heterocycles. The standard InChI is InChI=1S/C22H19F3N2S/c23-22(24,25)18-12-7-13-19(15-18)26-21(28)27-20(17-10-5-2-6-11-17)14-16-8-3-1-4-9-16/h1-13,15,20H,14H2,(H2,26,27,28)/t20-/m1/s1. The summed E-state index contributed by atoms with van der Waals surface area (Å²) in [4.78, 5) is 0. The molecule has 0 aromatic heterocycles. The molecule has 28 heavy (non-hydrogen) atoms. The Balaban J connectivity index is 1.74. The molecule has 0 saturated carbocycles. The highest BCUT2D eigenvalue weighted by atomic mass is 32.1.